The van der Waals surface area contributed by atoms with Crippen molar-refractivity contribution in [3.63, 3.8) is 0 Å². The molecule has 0 aromatic heterocycles. The van der Waals surface area contributed by atoms with Gasteiger partial charge in [0.2, 0.25) is 0 Å². The Labute approximate surface area is 105 Å². The maximum absolute atomic E-state index is 11.8. The number of rotatable bonds is 3. The predicted octanol–water partition coefficient (Wildman–Crippen LogP) is 3.14. The van der Waals surface area contributed by atoms with Crippen LogP contribution in [0.1, 0.15) is 29.3 Å². The van der Waals surface area contributed by atoms with Crippen LogP contribution in [0.25, 0.3) is 0 Å². The van der Waals surface area contributed by atoms with Crippen molar-refractivity contribution in [1.29, 1.82) is 0 Å². The van der Waals surface area contributed by atoms with E-state index in [9.17, 15) is 4.79 Å². The Kier molecular flexibility index (Phi) is 3.33. The van der Waals surface area contributed by atoms with Gasteiger partial charge >= 0.3 is 0 Å². The first-order valence-corrected chi connectivity index (χ1v) is 6.41. The van der Waals surface area contributed by atoms with Gasteiger partial charge in [-0.3, -0.25) is 4.79 Å². The molecule has 0 heterocycles. The number of hydrogen-bond acceptors (Lipinski definition) is 1. The van der Waals surface area contributed by atoms with E-state index in [0.29, 0.717) is 5.92 Å². The second kappa shape index (κ2) is 4.58. The fourth-order valence-corrected chi connectivity index (χ4v) is 2.12. The van der Waals surface area contributed by atoms with E-state index in [1.165, 1.54) is 6.42 Å². The van der Waals surface area contributed by atoms with Gasteiger partial charge < -0.3 is 5.32 Å². The molecule has 2 unspecified atom stereocenters. The van der Waals surface area contributed by atoms with Crippen molar-refractivity contribution in [2.45, 2.75) is 20.3 Å². The Balaban J connectivity index is 1.95. The topological polar surface area (TPSA) is 29.1 Å². The highest BCUT2D eigenvalue weighted by molar-refractivity contribution is 9.10. The highest BCUT2D eigenvalue weighted by Crippen LogP contribution is 2.36. The summed E-state index contributed by atoms with van der Waals surface area (Å²) in [6.07, 6.45) is 1.25. The van der Waals surface area contributed by atoms with Gasteiger partial charge in [0.05, 0.1) is 0 Å². The van der Waals surface area contributed by atoms with Crippen molar-refractivity contribution in [3.8, 4) is 0 Å². The molecule has 1 aromatic rings. The Morgan fingerprint density at radius 1 is 1.56 bits per heavy atom. The smallest absolute Gasteiger partial charge is 0.251 e. The van der Waals surface area contributed by atoms with E-state index in [1.807, 2.05) is 25.1 Å². The highest BCUT2D eigenvalue weighted by Gasteiger charge is 2.32. The Morgan fingerprint density at radius 2 is 2.25 bits per heavy atom. The van der Waals surface area contributed by atoms with E-state index in [4.69, 9.17) is 0 Å². The lowest BCUT2D eigenvalue weighted by molar-refractivity contribution is 0.0951. The first kappa shape index (κ1) is 11.6. The van der Waals surface area contributed by atoms with Gasteiger partial charge in [0.25, 0.3) is 5.91 Å². The van der Waals surface area contributed by atoms with Crippen LogP contribution in [0, 0.1) is 18.8 Å². The lowest BCUT2D eigenvalue weighted by atomic mass is 10.1. The largest absolute Gasteiger partial charge is 0.352 e. The Bertz CT molecular complexity index is 416. The van der Waals surface area contributed by atoms with E-state index in [1.54, 1.807) is 0 Å². The number of carbonyl (C=O) groups excluding carboxylic acids is 1. The molecule has 2 atom stereocenters. The van der Waals surface area contributed by atoms with Crippen LogP contribution in [-0.4, -0.2) is 12.5 Å². The Hall–Kier alpha value is -0.830. The van der Waals surface area contributed by atoms with Crippen molar-refractivity contribution in [2.24, 2.45) is 11.8 Å². The van der Waals surface area contributed by atoms with Gasteiger partial charge in [0, 0.05) is 16.6 Å². The third-order valence-electron chi connectivity index (χ3n) is 3.23. The van der Waals surface area contributed by atoms with Crippen LogP contribution in [0.5, 0.6) is 0 Å². The zero-order valence-electron chi connectivity index (χ0n) is 9.59. The van der Waals surface area contributed by atoms with Gasteiger partial charge in [-0.1, -0.05) is 28.9 Å². The summed E-state index contributed by atoms with van der Waals surface area (Å²) in [5.74, 6) is 1.50. The van der Waals surface area contributed by atoms with Crippen molar-refractivity contribution in [3.05, 3.63) is 33.8 Å². The van der Waals surface area contributed by atoms with E-state index in [2.05, 4.69) is 28.2 Å². The predicted molar refractivity (Wildman–Crippen MR) is 68.5 cm³/mol. The molecule has 1 aliphatic rings. The molecule has 2 nitrogen and oxygen atoms in total. The van der Waals surface area contributed by atoms with Crippen LogP contribution in [0.2, 0.25) is 0 Å². The van der Waals surface area contributed by atoms with Crippen molar-refractivity contribution < 1.29 is 4.79 Å². The third kappa shape index (κ3) is 2.64. The number of aryl methyl sites for hydroxylation is 1. The van der Waals surface area contributed by atoms with Crippen molar-refractivity contribution in [1.82, 2.24) is 5.32 Å². The minimum absolute atomic E-state index is 0.0276. The van der Waals surface area contributed by atoms with Gasteiger partial charge in [-0.15, -0.1) is 0 Å². The van der Waals surface area contributed by atoms with Crippen LogP contribution >= 0.6 is 15.9 Å². The fraction of sp³-hybridized carbons (Fsp3) is 0.462. The molecule has 0 saturated heterocycles. The monoisotopic (exact) mass is 281 g/mol. The van der Waals surface area contributed by atoms with Crippen LogP contribution in [-0.2, 0) is 0 Å². The lowest BCUT2D eigenvalue weighted by Crippen LogP contribution is -2.25. The van der Waals surface area contributed by atoms with Gasteiger partial charge in [-0.25, -0.2) is 0 Å². The number of carbonyl (C=O) groups is 1. The average molecular weight is 282 g/mol. The summed E-state index contributed by atoms with van der Waals surface area (Å²) in [5.41, 5.74) is 1.87. The number of halogens is 1. The summed E-state index contributed by atoms with van der Waals surface area (Å²) in [5, 5.41) is 2.98. The molecule has 1 amide bonds. The maximum Gasteiger partial charge on any atom is 0.251 e. The standard InChI is InChI=1S/C13H16BrNO/c1-8-3-4-10(6-12(8)14)13(16)15-7-11-5-9(11)2/h3-4,6,9,11H,5,7H2,1-2H3,(H,15,16). The summed E-state index contributed by atoms with van der Waals surface area (Å²) < 4.78 is 0.986. The molecule has 2 rings (SSSR count). The molecular formula is C13H16BrNO. The second-order valence-corrected chi connectivity index (χ2v) is 5.50. The molecule has 3 heteroatoms. The van der Waals surface area contributed by atoms with Crippen molar-refractivity contribution in [2.75, 3.05) is 6.54 Å². The highest BCUT2D eigenvalue weighted by atomic mass is 79.9. The normalized spacial score (nSPS) is 22.9. The zero-order chi connectivity index (χ0) is 11.7. The van der Waals surface area contributed by atoms with Gasteiger partial charge in [0.15, 0.2) is 0 Å². The van der Waals surface area contributed by atoms with Crippen LogP contribution in [0.4, 0.5) is 0 Å². The van der Waals surface area contributed by atoms with Gasteiger partial charge in [-0.2, -0.15) is 0 Å². The number of amides is 1. The molecule has 0 spiro atoms. The first-order chi connectivity index (χ1) is 7.58. The average Bonchev–Trinajstić information content (AvgIpc) is 2.95. The minimum Gasteiger partial charge on any atom is -0.352 e. The van der Waals surface area contributed by atoms with Crippen LogP contribution < -0.4 is 5.32 Å². The molecule has 1 N–H and O–H groups in total. The van der Waals surface area contributed by atoms with Crippen LogP contribution in [0.15, 0.2) is 22.7 Å². The molecular weight excluding hydrogens is 266 g/mol. The van der Waals surface area contributed by atoms with Gasteiger partial charge in [-0.05, 0) is 42.9 Å². The van der Waals surface area contributed by atoms with E-state index >= 15 is 0 Å². The number of nitrogens with one attached hydrogen (secondary N) is 1. The maximum atomic E-state index is 11.8. The quantitative estimate of drug-likeness (QED) is 0.906. The second-order valence-electron chi connectivity index (χ2n) is 4.65. The van der Waals surface area contributed by atoms with E-state index in [-0.39, 0.29) is 5.91 Å². The fourth-order valence-electron chi connectivity index (χ4n) is 1.74. The first-order valence-electron chi connectivity index (χ1n) is 5.62. The molecule has 16 heavy (non-hydrogen) atoms. The van der Waals surface area contributed by atoms with E-state index < -0.39 is 0 Å². The molecule has 1 saturated carbocycles. The number of hydrogen-bond donors (Lipinski definition) is 1. The van der Waals surface area contributed by atoms with Crippen molar-refractivity contribution >= 4 is 21.8 Å². The SMILES string of the molecule is Cc1ccc(C(=O)NCC2CC2C)cc1Br. The van der Waals surface area contributed by atoms with E-state index in [0.717, 1.165) is 28.1 Å². The molecule has 0 radical (unpaired) electrons. The summed E-state index contributed by atoms with van der Waals surface area (Å²) in [4.78, 5) is 11.8. The third-order valence-corrected chi connectivity index (χ3v) is 4.09. The molecule has 1 aromatic carbocycles. The summed E-state index contributed by atoms with van der Waals surface area (Å²) in [7, 11) is 0. The Morgan fingerprint density at radius 3 is 2.81 bits per heavy atom. The summed E-state index contributed by atoms with van der Waals surface area (Å²) in [6, 6.07) is 5.70. The zero-order valence-corrected chi connectivity index (χ0v) is 11.2. The van der Waals surface area contributed by atoms with Gasteiger partial charge in [0.1, 0.15) is 0 Å². The molecule has 1 fully saturated rings. The number of benzene rings is 1. The molecule has 0 bridgehead atoms. The van der Waals surface area contributed by atoms with Crippen LogP contribution in [0.3, 0.4) is 0 Å². The summed E-state index contributed by atoms with van der Waals surface area (Å²) in [6.45, 7) is 5.04. The summed E-state index contributed by atoms with van der Waals surface area (Å²) >= 11 is 3.44. The molecule has 86 valence electrons. The minimum atomic E-state index is 0.0276. The molecule has 0 aliphatic heterocycles. The lowest BCUT2D eigenvalue weighted by Gasteiger charge is -2.06. The molecule has 1 aliphatic carbocycles.